The van der Waals surface area contributed by atoms with Crippen LogP contribution in [0.1, 0.15) is 11.3 Å². The molecule has 1 aliphatic heterocycles. The van der Waals surface area contributed by atoms with E-state index in [-0.39, 0.29) is 16.2 Å². The number of rotatable bonds is 4. The molecule has 28 heavy (non-hydrogen) atoms. The van der Waals surface area contributed by atoms with E-state index < -0.39 is 0 Å². The molecule has 0 amide bonds. The zero-order valence-corrected chi connectivity index (χ0v) is 16.6. The van der Waals surface area contributed by atoms with Gasteiger partial charge >= 0.3 is 0 Å². The van der Waals surface area contributed by atoms with Gasteiger partial charge in [0, 0.05) is 49.7 Å². The number of aromatic nitrogens is 2. The molecule has 3 aromatic rings. The minimum absolute atomic E-state index is 0.0304. The van der Waals surface area contributed by atoms with Gasteiger partial charge in [0.05, 0.1) is 17.0 Å². The van der Waals surface area contributed by atoms with Crippen LogP contribution in [0.4, 0.5) is 11.4 Å². The summed E-state index contributed by atoms with van der Waals surface area (Å²) in [7, 11) is 0. The molecule has 1 aromatic carbocycles. The van der Waals surface area contributed by atoms with Gasteiger partial charge in [-0.15, -0.1) is 0 Å². The van der Waals surface area contributed by atoms with E-state index in [9.17, 15) is 14.9 Å². The summed E-state index contributed by atoms with van der Waals surface area (Å²) in [5, 5.41) is 11.5. The highest BCUT2D eigenvalue weighted by molar-refractivity contribution is 7.13. The van der Waals surface area contributed by atoms with Crippen molar-refractivity contribution in [1.82, 2.24) is 13.8 Å². The fourth-order valence-corrected chi connectivity index (χ4v) is 4.74. The Hall–Kier alpha value is -2.78. The zero-order chi connectivity index (χ0) is 19.8. The van der Waals surface area contributed by atoms with Gasteiger partial charge in [-0.25, -0.2) is 8.94 Å². The number of nitrogens with zero attached hydrogens (tertiary/aromatic N) is 5. The molecule has 9 heteroatoms. The van der Waals surface area contributed by atoms with Crippen LogP contribution in [0.2, 0.25) is 0 Å². The fraction of sp³-hybridized carbons (Fsp3) is 0.368. The molecule has 0 saturated carbocycles. The van der Waals surface area contributed by atoms with Crippen LogP contribution in [0, 0.1) is 24.0 Å². The molecular formula is C19H21N5O3S. The third kappa shape index (κ3) is 3.50. The minimum atomic E-state index is -0.386. The van der Waals surface area contributed by atoms with Crippen LogP contribution in [0.5, 0.6) is 0 Å². The molecule has 2 aromatic heterocycles. The van der Waals surface area contributed by atoms with Gasteiger partial charge in [0.25, 0.3) is 11.2 Å². The van der Waals surface area contributed by atoms with Crippen molar-refractivity contribution in [2.45, 2.75) is 20.5 Å². The van der Waals surface area contributed by atoms with Crippen LogP contribution in [-0.4, -0.2) is 44.9 Å². The Morgan fingerprint density at radius 3 is 2.46 bits per heavy atom. The molecule has 0 spiro atoms. The first kappa shape index (κ1) is 18.6. The van der Waals surface area contributed by atoms with E-state index in [0.29, 0.717) is 6.67 Å². The van der Waals surface area contributed by atoms with Crippen LogP contribution in [-0.2, 0) is 6.67 Å². The summed E-state index contributed by atoms with van der Waals surface area (Å²) in [6, 6.07) is 8.61. The van der Waals surface area contributed by atoms with E-state index in [1.807, 2.05) is 19.9 Å². The van der Waals surface area contributed by atoms with Crippen molar-refractivity contribution >= 4 is 33.1 Å². The molecule has 0 N–H and O–H groups in total. The van der Waals surface area contributed by atoms with E-state index >= 15 is 0 Å². The normalized spacial score (nSPS) is 15.3. The molecule has 1 fully saturated rings. The van der Waals surface area contributed by atoms with Gasteiger partial charge < -0.3 is 4.90 Å². The third-order valence-corrected chi connectivity index (χ3v) is 6.04. The lowest BCUT2D eigenvalue weighted by Crippen LogP contribution is -2.47. The van der Waals surface area contributed by atoms with Gasteiger partial charge in [0.2, 0.25) is 0 Å². The van der Waals surface area contributed by atoms with Crippen molar-refractivity contribution in [3.63, 3.8) is 0 Å². The zero-order valence-electron chi connectivity index (χ0n) is 15.8. The summed E-state index contributed by atoms with van der Waals surface area (Å²) in [5.74, 6) is 0. The Morgan fingerprint density at radius 2 is 1.82 bits per heavy atom. The molecule has 1 saturated heterocycles. The third-order valence-electron chi connectivity index (χ3n) is 5.07. The minimum Gasteiger partial charge on any atom is -0.369 e. The van der Waals surface area contributed by atoms with Crippen molar-refractivity contribution in [2.24, 2.45) is 0 Å². The number of piperazine rings is 1. The lowest BCUT2D eigenvalue weighted by molar-refractivity contribution is -0.384. The van der Waals surface area contributed by atoms with Crippen molar-refractivity contribution < 1.29 is 4.92 Å². The van der Waals surface area contributed by atoms with E-state index in [2.05, 4.69) is 14.8 Å². The molecule has 0 unspecified atom stereocenters. The first-order valence-corrected chi connectivity index (χ1v) is 9.89. The highest BCUT2D eigenvalue weighted by Gasteiger charge is 2.20. The second kappa shape index (κ2) is 7.33. The lowest BCUT2D eigenvalue weighted by atomic mass is 10.2. The number of nitro groups is 1. The Labute approximate surface area is 165 Å². The molecule has 0 aliphatic carbocycles. The molecule has 0 radical (unpaired) electrons. The van der Waals surface area contributed by atoms with Crippen molar-refractivity contribution in [3.8, 4) is 0 Å². The second-order valence-corrected chi connectivity index (χ2v) is 8.07. The summed E-state index contributed by atoms with van der Waals surface area (Å²) >= 11 is 1.42. The molecule has 8 nitrogen and oxygen atoms in total. The molecule has 3 heterocycles. The van der Waals surface area contributed by atoms with Gasteiger partial charge in [-0.2, -0.15) is 0 Å². The summed E-state index contributed by atoms with van der Waals surface area (Å²) in [6.07, 6.45) is 0. The average molecular weight is 399 g/mol. The smallest absolute Gasteiger partial charge is 0.271 e. The molecule has 4 rings (SSSR count). The highest BCUT2D eigenvalue weighted by Crippen LogP contribution is 2.22. The van der Waals surface area contributed by atoms with Crippen molar-refractivity contribution in [2.75, 3.05) is 31.1 Å². The number of hydrogen-bond acceptors (Lipinski definition) is 7. The SMILES string of the molecule is Cc1cc(C)c2c(=O)n(CN3CCN(c4ccc([N+](=O)[O-])cc4)CC3)sc2n1. The number of benzene rings is 1. The van der Waals surface area contributed by atoms with Crippen LogP contribution in [0.15, 0.2) is 35.1 Å². The summed E-state index contributed by atoms with van der Waals surface area (Å²) in [5.41, 5.74) is 3.02. The molecule has 146 valence electrons. The summed E-state index contributed by atoms with van der Waals surface area (Å²) < 4.78 is 1.78. The number of aryl methyl sites for hydroxylation is 2. The molecular weight excluding hydrogens is 378 g/mol. The Bertz CT molecular complexity index is 1080. The van der Waals surface area contributed by atoms with Crippen LogP contribution in [0.25, 0.3) is 10.2 Å². The van der Waals surface area contributed by atoms with Gasteiger partial charge in [-0.1, -0.05) is 0 Å². The number of fused-ring (bicyclic) bond motifs is 1. The maximum atomic E-state index is 12.7. The first-order chi connectivity index (χ1) is 13.4. The van der Waals surface area contributed by atoms with Crippen LogP contribution < -0.4 is 10.5 Å². The quantitative estimate of drug-likeness (QED) is 0.495. The maximum absolute atomic E-state index is 12.7. The Kier molecular flexibility index (Phi) is 4.86. The van der Waals surface area contributed by atoms with Crippen molar-refractivity contribution in [3.05, 3.63) is 62.1 Å². The molecule has 0 bridgehead atoms. The van der Waals surface area contributed by atoms with Crippen LogP contribution >= 0.6 is 11.5 Å². The monoisotopic (exact) mass is 399 g/mol. The van der Waals surface area contributed by atoms with E-state index in [1.165, 1.54) is 23.7 Å². The van der Waals surface area contributed by atoms with Gasteiger partial charge in [0.15, 0.2) is 0 Å². The summed E-state index contributed by atoms with van der Waals surface area (Å²) in [4.78, 5) is 32.9. The maximum Gasteiger partial charge on any atom is 0.271 e. The van der Waals surface area contributed by atoms with Gasteiger partial charge in [-0.3, -0.25) is 19.8 Å². The van der Waals surface area contributed by atoms with E-state index in [0.717, 1.165) is 53.3 Å². The highest BCUT2D eigenvalue weighted by atomic mass is 32.1. The Morgan fingerprint density at radius 1 is 1.14 bits per heavy atom. The number of nitro benzene ring substituents is 1. The lowest BCUT2D eigenvalue weighted by Gasteiger charge is -2.35. The number of non-ortho nitro benzene ring substituents is 1. The average Bonchev–Trinajstić information content (AvgIpc) is 2.98. The second-order valence-electron chi connectivity index (χ2n) is 7.06. The van der Waals surface area contributed by atoms with E-state index in [1.54, 1.807) is 16.1 Å². The first-order valence-electron chi connectivity index (χ1n) is 9.12. The largest absolute Gasteiger partial charge is 0.369 e. The topological polar surface area (TPSA) is 84.5 Å². The van der Waals surface area contributed by atoms with Crippen LogP contribution in [0.3, 0.4) is 0 Å². The van der Waals surface area contributed by atoms with E-state index in [4.69, 9.17) is 0 Å². The molecule has 1 aliphatic rings. The van der Waals surface area contributed by atoms with Gasteiger partial charge in [0.1, 0.15) is 4.83 Å². The standard InChI is InChI=1S/C19H21N5O3S/c1-13-11-14(2)20-18-17(13)19(25)23(28-18)12-21-7-9-22(10-8-21)15-3-5-16(6-4-15)24(26)27/h3-6,11H,7-10,12H2,1-2H3. The fourth-order valence-electron chi connectivity index (χ4n) is 3.61. The summed E-state index contributed by atoms with van der Waals surface area (Å²) in [6.45, 7) is 7.73. The van der Waals surface area contributed by atoms with Crippen molar-refractivity contribution in [1.29, 1.82) is 0 Å². The predicted molar refractivity (Wildman–Crippen MR) is 110 cm³/mol. The predicted octanol–water partition coefficient (Wildman–Crippen LogP) is 2.76. The number of pyridine rings is 1. The Balaban J connectivity index is 1.44. The molecule has 0 atom stereocenters. The van der Waals surface area contributed by atoms with Gasteiger partial charge in [-0.05, 0) is 49.1 Å². The number of anilines is 1. The number of hydrogen-bond donors (Lipinski definition) is 0.